The maximum absolute atomic E-state index is 12.5. The van der Waals surface area contributed by atoms with Gasteiger partial charge in [0, 0.05) is 11.3 Å². The van der Waals surface area contributed by atoms with Gasteiger partial charge in [0.25, 0.3) is 5.91 Å². The molecule has 3 N–H and O–H groups in total. The van der Waals surface area contributed by atoms with Crippen LogP contribution in [0.15, 0.2) is 68.8 Å². The summed E-state index contributed by atoms with van der Waals surface area (Å²) in [4.78, 5) is 13.4. The fourth-order valence-corrected chi connectivity index (χ4v) is 4.39. The summed E-state index contributed by atoms with van der Waals surface area (Å²) in [6, 6.07) is 11.6. The van der Waals surface area contributed by atoms with Crippen molar-refractivity contribution in [3.8, 4) is 0 Å². The van der Waals surface area contributed by atoms with Crippen molar-refractivity contribution in [1.82, 2.24) is 4.72 Å². The van der Waals surface area contributed by atoms with Gasteiger partial charge in [-0.05, 0) is 47.2 Å². The van der Waals surface area contributed by atoms with Crippen LogP contribution in [0.4, 0.5) is 5.69 Å². The molecule has 2 aromatic heterocycles. The molecule has 1 amide bonds. The van der Waals surface area contributed by atoms with Crippen LogP contribution in [-0.2, 0) is 27.9 Å². The fourth-order valence-electron chi connectivity index (χ4n) is 2.69. The molecule has 0 fully saturated rings. The summed E-state index contributed by atoms with van der Waals surface area (Å²) in [5.74, 6) is 0.343. The number of carbonyl (C=O) groups excluding carboxylic acids is 1. The summed E-state index contributed by atoms with van der Waals surface area (Å²) in [5, 5.41) is 6.84. The highest BCUT2D eigenvalue weighted by Gasteiger charge is 2.16. The Balaban J connectivity index is 1.58. The Labute approximate surface area is 168 Å². The number of likely N-dealkylation sites (N-methyl/N-ethyl adjacent to an activating group) is 1. The predicted octanol–water partition coefficient (Wildman–Crippen LogP) is 1.47. The van der Waals surface area contributed by atoms with Crippen molar-refractivity contribution in [1.29, 1.82) is 0 Å². The third-order valence-corrected chi connectivity index (χ3v) is 6.12. The molecule has 0 aliphatic carbocycles. The first-order valence-corrected chi connectivity index (χ1v) is 11.1. The van der Waals surface area contributed by atoms with Crippen LogP contribution >= 0.6 is 11.3 Å². The Hall–Kier alpha value is -2.46. The number of amides is 1. The first-order valence-electron chi connectivity index (χ1n) is 8.67. The molecule has 3 rings (SSSR count). The average Bonchev–Trinajstić information content (AvgIpc) is 3.34. The third-order valence-electron chi connectivity index (χ3n) is 3.99. The van der Waals surface area contributed by atoms with E-state index in [1.165, 1.54) is 24.0 Å². The van der Waals surface area contributed by atoms with Gasteiger partial charge in [0.15, 0.2) is 6.54 Å². The molecule has 7 nitrogen and oxygen atoms in total. The Kier molecular flexibility index (Phi) is 6.63. The van der Waals surface area contributed by atoms with E-state index in [2.05, 4.69) is 15.4 Å². The summed E-state index contributed by atoms with van der Waals surface area (Å²) < 4.78 is 32.5. The lowest BCUT2D eigenvalue weighted by Crippen LogP contribution is -3.08. The van der Waals surface area contributed by atoms with Crippen LogP contribution in [0.1, 0.15) is 11.3 Å². The van der Waals surface area contributed by atoms with Gasteiger partial charge >= 0.3 is 0 Å². The Morgan fingerprint density at radius 3 is 2.79 bits per heavy atom. The Bertz CT molecular complexity index is 1000. The number of quaternary nitrogens is 1. The monoisotopic (exact) mass is 420 g/mol. The zero-order valence-corrected chi connectivity index (χ0v) is 17.0. The van der Waals surface area contributed by atoms with Crippen molar-refractivity contribution in [2.45, 2.75) is 18.0 Å². The number of thiophene rings is 1. The van der Waals surface area contributed by atoms with Crippen molar-refractivity contribution < 1.29 is 22.5 Å². The smallest absolute Gasteiger partial charge is 0.279 e. The number of carbonyl (C=O) groups is 1. The van der Waals surface area contributed by atoms with Crippen LogP contribution in [0.25, 0.3) is 0 Å². The average molecular weight is 421 g/mol. The van der Waals surface area contributed by atoms with Gasteiger partial charge in [-0.1, -0.05) is 6.07 Å². The SMILES string of the molecule is C[NH+](CC(=O)Nc1cccc(S(=O)(=O)NCc2ccco2)c1)Cc1ccsc1. The number of sulfonamides is 1. The molecule has 0 spiro atoms. The number of anilines is 1. The molecule has 2 heterocycles. The van der Waals surface area contributed by atoms with Gasteiger partial charge in [-0.15, -0.1) is 0 Å². The quantitative estimate of drug-likeness (QED) is 0.489. The second-order valence-corrected chi connectivity index (χ2v) is 8.97. The first-order chi connectivity index (χ1) is 13.4. The lowest BCUT2D eigenvalue weighted by molar-refractivity contribution is -0.885. The summed E-state index contributed by atoms with van der Waals surface area (Å²) in [6.07, 6.45) is 1.48. The van der Waals surface area contributed by atoms with E-state index >= 15 is 0 Å². The fraction of sp³-hybridized carbons (Fsp3) is 0.211. The van der Waals surface area contributed by atoms with Crippen molar-refractivity contribution in [2.75, 3.05) is 18.9 Å². The standard InChI is InChI=1S/C19H21N3O4S2/c1-22(12-15-7-9-27-14-15)13-19(23)21-16-4-2-6-18(10-16)28(24,25)20-11-17-5-3-8-26-17/h2-10,14,20H,11-13H2,1H3,(H,21,23)/p+1. The van der Waals surface area contributed by atoms with Crippen LogP contribution in [0.3, 0.4) is 0 Å². The zero-order chi connectivity index (χ0) is 20.0. The summed E-state index contributed by atoms with van der Waals surface area (Å²) >= 11 is 1.63. The maximum atomic E-state index is 12.5. The second kappa shape index (κ2) is 9.16. The largest absolute Gasteiger partial charge is 0.468 e. The van der Waals surface area contributed by atoms with Gasteiger partial charge in [0.05, 0.1) is 24.8 Å². The number of nitrogens with one attached hydrogen (secondary N) is 3. The van der Waals surface area contributed by atoms with E-state index in [1.54, 1.807) is 35.6 Å². The first kappa shape index (κ1) is 20.3. The predicted molar refractivity (Wildman–Crippen MR) is 108 cm³/mol. The van der Waals surface area contributed by atoms with Crippen LogP contribution in [-0.4, -0.2) is 27.9 Å². The topological polar surface area (TPSA) is 92.9 Å². The zero-order valence-electron chi connectivity index (χ0n) is 15.3. The van der Waals surface area contributed by atoms with E-state index in [-0.39, 0.29) is 23.9 Å². The van der Waals surface area contributed by atoms with Gasteiger partial charge in [-0.2, -0.15) is 11.3 Å². The molecule has 1 atom stereocenters. The highest BCUT2D eigenvalue weighted by Crippen LogP contribution is 2.16. The number of benzene rings is 1. The number of rotatable bonds is 9. The third kappa shape index (κ3) is 5.77. The van der Waals surface area contributed by atoms with Crippen LogP contribution in [0.5, 0.6) is 0 Å². The van der Waals surface area contributed by atoms with E-state index in [4.69, 9.17) is 4.42 Å². The molecule has 0 bridgehead atoms. The molecule has 0 aliphatic rings. The molecule has 28 heavy (non-hydrogen) atoms. The van der Waals surface area contributed by atoms with Gasteiger partial charge in [0.2, 0.25) is 10.0 Å². The molecular weight excluding hydrogens is 398 g/mol. The molecule has 0 radical (unpaired) electrons. The molecule has 1 aromatic carbocycles. The van der Waals surface area contributed by atoms with Crippen LogP contribution in [0, 0.1) is 0 Å². The molecule has 148 valence electrons. The van der Waals surface area contributed by atoms with Crippen molar-refractivity contribution >= 4 is 33.0 Å². The maximum Gasteiger partial charge on any atom is 0.279 e. The van der Waals surface area contributed by atoms with Gasteiger partial charge < -0.3 is 14.6 Å². The highest BCUT2D eigenvalue weighted by atomic mass is 32.2. The summed E-state index contributed by atoms with van der Waals surface area (Å²) in [7, 11) is -1.78. The molecule has 9 heteroatoms. The van der Waals surface area contributed by atoms with E-state index in [1.807, 2.05) is 18.5 Å². The van der Waals surface area contributed by atoms with Crippen LogP contribution in [0.2, 0.25) is 0 Å². The van der Waals surface area contributed by atoms with Gasteiger partial charge in [-0.3, -0.25) is 4.79 Å². The lowest BCUT2D eigenvalue weighted by Gasteiger charge is -2.13. The van der Waals surface area contributed by atoms with Gasteiger partial charge in [0.1, 0.15) is 12.3 Å². The summed E-state index contributed by atoms with van der Waals surface area (Å²) in [6.45, 7) is 1.09. The Morgan fingerprint density at radius 2 is 2.07 bits per heavy atom. The highest BCUT2D eigenvalue weighted by molar-refractivity contribution is 7.89. The van der Waals surface area contributed by atoms with Crippen LogP contribution < -0.4 is 14.9 Å². The minimum Gasteiger partial charge on any atom is -0.468 e. The lowest BCUT2D eigenvalue weighted by atomic mass is 10.3. The van der Waals surface area contributed by atoms with Gasteiger partial charge in [-0.25, -0.2) is 13.1 Å². The van der Waals surface area contributed by atoms with E-state index in [0.29, 0.717) is 11.4 Å². The van der Waals surface area contributed by atoms with E-state index < -0.39 is 10.0 Å². The van der Waals surface area contributed by atoms with E-state index in [9.17, 15) is 13.2 Å². The molecular formula is C19H22N3O4S2+. The molecule has 1 unspecified atom stereocenters. The minimum atomic E-state index is -3.72. The number of hydrogen-bond acceptors (Lipinski definition) is 5. The molecule has 3 aromatic rings. The summed E-state index contributed by atoms with van der Waals surface area (Å²) in [5.41, 5.74) is 1.63. The Morgan fingerprint density at radius 1 is 1.21 bits per heavy atom. The second-order valence-electron chi connectivity index (χ2n) is 6.42. The molecule has 0 saturated heterocycles. The number of hydrogen-bond donors (Lipinski definition) is 3. The van der Waals surface area contributed by atoms with Crippen molar-refractivity contribution in [3.05, 3.63) is 70.8 Å². The number of furan rings is 1. The minimum absolute atomic E-state index is 0.0582. The van der Waals surface area contributed by atoms with E-state index in [0.717, 1.165) is 11.4 Å². The normalized spacial score (nSPS) is 12.6. The van der Waals surface area contributed by atoms with Crippen molar-refractivity contribution in [3.63, 3.8) is 0 Å². The van der Waals surface area contributed by atoms with Crippen molar-refractivity contribution in [2.24, 2.45) is 0 Å². The molecule has 0 aliphatic heterocycles. The molecule has 0 saturated carbocycles.